The quantitative estimate of drug-likeness (QED) is 0.903. The van der Waals surface area contributed by atoms with E-state index in [1.54, 1.807) is 25.3 Å². The molecule has 2 aromatic rings. The molecule has 0 aliphatic carbocycles. The zero-order valence-corrected chi connectivity index (χ0v) is 11.9. The smallest absolute Gasteiger partial charge is 0.0992 e. The summed E-state index contributed by atoms with van der Waals surface area (Å²) in [5.74, 6) is 0. The average molecular weight is 287 g/mol. The molecule has 3 nitrogen and oxygen atoms in total. The summed E-state index contributed by atoms with van der Waals surface area (Å²) in [6.45, 7) is 0.511. The molecule has 0 aliphatic heterocycles. The molecule has 0 amide bonds. The van der Waals surface area contributed by atoms with Gasteiger partial charge in [0.2, 0.25) is 0 Å². The molecule has 2 aromatic carbocycles. The largest absolute Gasteiger partial charge is 0.382 e. The van der Waals surface area contributed by atoms with Crippen molar-refractivity contribution < 1.29 is 4.74 Å². The maximum absolute atomic E-state index is 8.96. The molecule has 1 atom stereocenters. The highest BCUT2D eigenvalue weighted by Crippen LogP contribution is 2.27. The Hall–Kier alpha value is -2.02. The van der Waals surface area contributed by atoms with Crippen LogP contribution in [0.1, 0.15) is 17.2 Å². The number of methoxy groups -OCH3 is 1. The number of hydrogen-bond donors (Lipinski definition) is 1. The maximum Gasteiger partial charge on any atom is 0.0992 e. The number of benzene rings is 2. The topological polar surface area (TPSA) is 45.0 Å². The van der Waals surface area contributed by atoms with Gasteiger partial charge in [-0.05, 0) is 23.8 Å². The third-order valence-electron chi connectivity index (χ3n) is 2.96. The number of anilines is 1. The molecular weight excluding hydrogens is 272 g/mol. The lowest BCUT2D eigenvalue weighted by atomic mass is 10.1. The Bertz CT molecular complexity index is 608. The van der Waals surface area contributed by atoms with E-state index in [4.69, 9.17) is 21.6 Å². The summed E-state index contributed by atoms with van der Waals surface area (Å²) in [4.78, 5) is 0. The second-order valence-corrected chi connectivity index (χ2v) is 4.78. The van der Waals surface area contributed by atoms with Crippen molar-refractivity contribution in [3.8, 4) is 6.07 Å². The van der Waals surface area contributed by atoms with Crippen molar-refractivity contribution in [2.45, 2.75) is 6.04 Å². The molecule has 20 heavy (non-hydrogen) atoms. The predicted octanol–water partition coefficient (Wildman–Crippen LogP) is 4.01. The summed E-state index contributed by atoms with van der Waals surface area (Å²) in [7, 11) is 1.66. The van der Waals surface area contributed by atoms with Gasteiger partial charge < -0.3 is 10.1 Å². The minimum absolute atomic E-state index is 0.0207. The van der Waals surface area contributed by atoms with E-state index in [0.29, 0.717) is 17.2 Å². The van der Waals surface area contributed by atoms with Crippen LogP contribution in [0.3, 0.4) is 0 Å². The van der Waals surface area contributed by atoms with Crippen LogP contribution in [-0.4, -0.2) is 13.7 Å². The SMILES string of the molecule is COCC(Nc1cc(C#N)ccc1Cl)c1ccccc1. The number of hydrogen-bond acceptors (Lipinski definition) is 3. The van der Waals surface area contributed by atoms with Crippen molar-refractivity contribution in [1.29, 1.82) is 5.26 Å². The van der Waals surface area contributed by atoms with Crippen LogP contribution in [0.15, 0.2) is 48.5 Å². The molecule has 0 saturated carbocycles. The van der Waals surface area contributed by atoms with E-state index in [1.807, 2.05) is 30.3 Å². The van der Waals surface area contributed by atoms with Gasteiger partial charge in [0.05, 0.1) is 35.0 Å². The van der Waals surface area contributed by atoms with Crippen LogP contribution in [0.5, 0.6) is 0 Å². The van der Waals surface area contributed by atoms with Crippen molar-refractivity contribution in [3.05, 3.63) is 64.7 Å². The van der Waals surface area contributed by atoms with Crippen LogP contribution in [0.25, 0.3) is 0 Å². The Balaban J connectivity index is 2.27. The van der Waals surface area contributed by atoms with Gasteiger partial charge >= 0.3 is 0 Å². The van der Waals surface area contributed by atoms with Crippen LogP contribution in [0, 0.1) is 11.3 Å². The Labute approximate surface area is 123 Å². The molecule has 1 N–H and O–H groups in total. The molecule has 4 heteroatoms. The summed E-state index contributed by atoms with van der Waals surface area (Å²) in [5.41, 5.74) is 2.41. The first-order valence-corrected chi connectivity index (χ1v) is 6.62. The number of nitrogens with one attached hydrogen (secondary N) is 1. The molecule has 0 bridgehead atoms. The summed E-state index contributed by atoms with van der Waals surface area (Å²) in [5, 5.41) is 12.9. The second-order valence-electron chi connectivity index (χ2n) is 4.37. The first-order valence-electron chi connectivity index (χ1n) is 6.24. The number of nitriles is 1. The van der Waals surface area contributed by atoms with Crippen molar-refractivity contribution in [2.75, 3.05) is 19.0 Å². The van der Waals surface area contributed by atoms with Gasteiger partial charge in [-0.2, -0.15) is 5.26 Å². The van der Waals surface area contributed by atoms with Gasteiger partial charge in [-0.1, -0.05) is 41.9 Å². The maximum atomic E-state index is 8.96. The van der Waals surface area contributed by atoms with Gasteiger partial charge in [0.25, 0.3) is 0 Å². The number of nitrogens with zero attached hydrogens (tertiary/aromatic N) is 1. The van der Waals surface area contributed by atoms with Gasteiger partial charge in [-0.3, -0.25) is 0 Å². The van der Waals surface area contributed by atoms with Gasteiger partial charge in [0.1, 0.15) is 0 Å². The zero-order chi connectivity index (χ0) is 14.4. The van der Waals surface area contributed by atoms with Gasteiger partial charge in [0.15, 0.2) is 0 Å². The fraction of sp³-hybridized carbons (Fsp3) is 0.188. The first kappa shape index (κ1) is 14.4. The highest BCUT2D eigenvalue weighted by atomic mass is 35.5. The summed E-state index contributed by atoms with van der Waals surface area (Å²) in [6, 6.07) is 17.2. The van der Waals surface area contributed by atoms with Gasteiger partial charge in [-0.15, -0.1) is 0 Å². The lowest BCUT2D eigenvalue weighted by Crippen LogP contribution is -2.16. The molecule has 2 rings (SSSR count). The fourth-order valence-electron chi connectivity index (χ4n) is 1.97. The van der Waals surface area contributed by atoms with E-state index >= 15 is 0 Å². The average Bonchev–Trinajstić information content (AvgIpc) is 2.49. The molecule has 0 aromatic heterocycles. The van der Waals surface area contributed by atoms with Crippen molar-refractivity contribution in [3.63, 3.8) is 0 Å². The Morgan fingerprint density at radius 2 is 2.00 bits per heavy atom. The van der Waals surface area contributed by atoms with Gasteiger partial charge in [0, 0.05) is 7.11 Å². The molecule has 0 fully saturated rings. The Morgan fingerprint density at radius 3 is 2.65 bits per heavy atom. The minimum atomic E-state index is -0.0207. The van der Waals surface area contributed by atoms with E-state index in [1.165, 1.54) is 0 Å². The van der Waals surface area contributed by atoms with Crippen LogP contribution in [0.4, 0.5) is 5.69 Å². The number of ether oxygens (including phenoxy) is 1. The monoisotopic (exact) mass is 286 g/mol. The number of halogens is 1. The van der Waals surface area contributed by atoms with Crippen molar-refractivity contribution in [2.24, 2.45) is 0 Å². The Kier molecular flexibility index (Phi) is 5.00. The van der Waals surface area contributed by atoms with Crippen LogP contribution >= 0.6 is 11.6 Å². The lowest BCUT2D eigenvalue weighted by Gasteiger charge is -2.20. The normalized spacial score (nSPS) is 11.7. The summed E-state index contributed by atoms with van der Waals surface area (Å²) >= 11 is 6.17. The van der Waals surface area contributed by atoms with E-state index in [2.05, 4.69) is 11.4 Å². The third-order valence-corrected chi connectivity index (χ3v) is 3.29. The molecule has 0 radical (unpaired) electrons. The molecule has 0 heterocycles. The second kappa shape index (κ2) is 6.95. The highest BCUT2D eigenvalue weighted by molar-refractivity contribution is 6.33. The van der Waals surface area contributed by atoms with E-state index < -0.39 is 0 Å². The van der Waals surface area contributed by atoms with E-state index in [9.17, 15) is 0 Å². The third kappa shape index (κ3) is 3.51. The van der Waals surface area contributed by atoms with E-state index in [-0.39, 0.29) is 6.04 Å². The molecule has 102 valence electrons. The van der Waals surface area contributed by atoms with Gasteiger partial charge in [-0.25, -0.2) is 0 Å². The van der Waals surface area contributed by atoms with E-state index in [0.717, 1.165) is 11.3 Å². The van der Waals surface area contributed by atoms with Crippen LogP contribution in [-0.2, 0) is 4.74 Å². The van der Waals surface area contributed by atoms with Crippen LogP contribution in [0.2, 0.25) is 5.02 Å². The lowest BCUT2D eigenvalue weighted by molar-refractivity contribution is 0.186. The number of rotatable bonds is 5. The minimum Gasteiger partial charge on any atom is -0.382 e. The van der Waals surface area contributed by atoms with Crippen LogP contribution < -0.4 is 5.32 Å². The standard InChI is InChI=1S/C16H15ClN2O/c1-20-11-16(13-5-3-2-4-6-13)19-15-9-12(10-18)7-8-14(15)17/h2-9,16,19H,11H2,1H3. The summed E-state index contributed by atoms with van der Waals surface area (Å²) in [6.07, 6.45) is 0. The predicted molar refractivity (Wildman–Crippen MR) is 80.8 cm³/mol. The highest BCUT2D eigenvalue weighted by Gasteiger charge is 2.13. The molecule has 0 saturated heterocycles. The molecule has 0 spiro atoms. The fourth-order valence-corrected chi connectivity index (χ4v) is 2.14. The first-order chi connectivity index (χ1) is 9.74. The van der Waals surface area contributed by atoms with Crippen molar-refractivity contribution in [1.82, 2.24) is 0 Å². The Morgan fingerprint density at radius 1 is 1.25 bits per heavy atom. The zero-order valence-electron chi connectivity index (χ0n) is 11.1. The molecule has 1 unspecified atom stereocenters. The molecule has 0 aliphatic rings. The van der Waals surface area contributed by atoms with Crippen molar-refractivity contribution >= 4 is 17.3 Å². The molecular formula is C16H15ClN2O. The summed E-state index contributed by atoms with van der Waals surface area (Å²) < 4.78 is 5.26.